The third-order valence-electron chi connectivity index (χ3n) is 3.15. The van der Waals surface area contributed by atoms with Crippen LogP contribution < -0.4 is 10.6 Å². The molecule has 1 amide bonds. The molecule has 1 aliphatic heterocycles. The molecule has 0 bridgehead atoms. The van der Waals surface area contributed by atoms with E-state index in [4.69, 9.17) is 0 Å². The Bertz CT molecular complexity index is 520. The summed E-state index contributed by atoms with van der Waals surface area (Å²) in [4.78, 5) is 30.7. The second kappa shape index (κ2) is 5.85. The highest BCUT2D eigenvalue weighted by atomic mass is 16.4. The lowest BCUT2D eigenvalue weighted by Crippen LogP contribution is -2.42. The molecule has 0 aliphatic carbocycles. The van der Waals surface area contributed by atoms with Crippen LogP contribution in [0.4, 0.5) is 5.69 Å². The molecule has 20 heavy (non-hydrogen) atoms. The zero-order valence-corrected chi connectivity index (χ0v) is 11.5. The summed E-state index contributed by atoms with van der Waals surface area (Å²) >= 11 is 0. The maximum absolute atomic E-state index is 11.3. The third-order valence-corrected chi connectivity index (χ3v) is 3.15. The molecule has 1 aromatic rings. The summed E-state index contributed by atoms with van der Waals surface area (Å²) in [6, 6.07) is -0.000648. The summed E-state index contributed by atoms with van der Waals surface area (Å²) in [7, 11) is 0. The minimum Gasteiger partial charge on any atom is -0.476 e. The van der Waals surface area contributed by atoms with E-state index >= 15 is 0 Å². The molecular formula is C13H18N4O3. The molecule has 0 saturated carbocycles. The predicted octanol–water partition coefficient (Wildman–Crippen LogP) is 0.989. The molecular weight excluding hydrogens is 260 g/mol. The van der Waals surface area contributed by atoms with Crippen molar-refractivity contribution in [1.29, 1.82) is 0 Å². The average molecular weight is 278 g/mol. The number of hydrogen-bond donors (Lipinski definition) is 3. The number of carbonyl (C=O) groups is 2. The van der Waals surface area contributed by atoms with Crippen molar-refractivity contribution in [2.45, 2.75) is 38.6 Å². The van der Waals surface area contributed by atoms with Crippen molar-refractivity contribution in [2.75, 3.05) is 11.9 Å². The number of amides is 1. The van der Waals surface area contributed by atoms with Gasteiger partial charge in [0.25, 0.3) is 0 Å². The second-order valence-corrected chi connectivity index (χ2v) is 5.13. The maximum atomic E-state index is 11.3. The van der Waals surface area contributed by atoms with Gasteiger partial charge in [0.2, 0.25) is 5.91 Å². The van der Waals surface area contributed by atoms with Crippen LogP contribution in [0.1, 0.15) is 48.9 Å². The van der Waals surface area contributed by atoms with Gasteiger partial charge in [-0.2, -0.15) is 0 Å². The average Bonchev–Trinajstić information content (AvgIpc) is 2.41. The Morgan fingerprint density at radius 1 is 1.55 bits per heavy atom. The number of anilines is 1. The van der Waals surface area contributed by atoms with E-state index in [-0.39, 0.29) is 23.6 Å². The van der Waals surface area contributed by atoms with Crippen molar-refractivity contribution in [2.24, 2.45) is 0 Å². The molecule has 1 atom stereocenters. The lowest BCUT2D eigenvalue weighted by atomic mass is 10.1. The van der Waals surface area contributed by atoms with Crippen molar-refractivity contribution in [3.05, 3.63) is 17.7 Å². The van der Waals surface area contributed by atoms with Gasteiger partial charge in [0.15, 0.2) is 5.69 Å². The van der Waals surface area contributed by atoms with Crippen LogP contribution >= 0.6 is 0 Å². The zero-order chi connectivity index (χ0) is 14.7. The fourth-order valence-electron chi connectivity index (χ4n) is 2.02. The van der Waals surface area contributed by atoms with Gasteiger partial charge >= 0.3 is 5.97 Å². The summed E-state index contributed by atoms with van der Waals surface area (Å²) in [6.07, 6.45) is 2.60. The second-order valence-electron chi connectivity index (χ2n) is 5.13. The smallest absolute Gasteiger partial charge is 0.356 e. The number of carboxylic acid groups (broad SMARTS) is 1. The van der Waals surface area contributed by atoms with E-state index in [1.165, 1.54) is 6.20 Å². The van der Waals surface area contributed by atoms with Crippen LogP contribution in [0, 0.1) is 0 Å². The van der Waals surface area contributed by atoms with E-state index in [1.54, 1.807) is 0 Å². The fourth-order valence-corrected chi connectivity index (χ4v) is 2.02. The first-order valence-electron chi connectivity index (χ1n) is 6.61. The van der Waals surface area contributed by atoms with Crippen LogP contribution in [-0.4, -0.2) is 39.5 Å². The van der Waals surface area contributed by atoms with Gasteiger partial charge in [0.05, 0.1) is 11.9 Å². The van der Waals surface area contributed by atoms with Crippen molar-refractivity contribution < 1.29 is 14.7 Å². The molecule has 108 valence electrons. The van der Waals surface area contributed by atoms with Gasteiger partial charge in [-0.3, -0.25) is 4.79 Å². The van der Waals surface area contributed by atoms with Crippen LogP contribution in [-0.2, 0) is 4.79 Å². The maximum Gasteiger partial charge on any atom is 0.356 e. The Hall–Kier alpha value is -2.18. The zero-order valence-electron chi connectivity index (χ0n) is 11.5. The quantitative estimate of drug-likeness (QED) is 0.758. The molecule has 7 nitrogen and oxygen atoms in total. The molecule has 1 saturated heterocycles. The van der Waals surface area contributed by atoms with Crippen molar-refractivity contribution in [1.82, 2.24) is 15.3 Å². The number of piperidine rings is 1. The summed E-state index contributed by atoms with van der Waals surface area (Å²) in [5, 5.41) is 15.1. The number of carbonyl (C=O) groups excluding carboxylic acids is 1. The normalized spacial score (nSPS) is 18.8. The van der Waals surface area contributed by atoms with E-state index in [0.717, 1.165) is 0 Å². The van der Waals surface area contributed by atoms with Gasteiger partial charge in [0.1, 0.15) is 5.82 Å². The van der Waals surface area contributed by atoms with Gasteiger partial charge in [-0.25, -0.2) is 14.8 Å². The lowest BCUT2D eigenvalue weighted by molar-refractivity contribution is -0.122. The molecule has 0 spiro atoms. The van der Waals surface area contributed by atoms with Crippen LogP contribution in [0.15, 0.2) is 6.20 Å². The first kappa shape index (κ1) is 14.2. The number of aromatic carboxylic acids is 1. The number of rotatable bonds is 4. The number of nitrogens with zero attached hydrogens (tertiary/aromatic N) is 2. The van der Waals surface area contributed by atoms with Crippen LogP contribution in [0.25, 0.3) is 0 Å². The van der Waals surface area contributed by atoms with E-state index in [9.17, 15) is 14.7 Å². The first-order valence-corrected chi connectivity index (χ1v) is 6.61. The van der Waals surface area contributed by atoms with Crippen LogP contribution in [0.2, 0.25) is 0 Å². The Morgan fingerprint density at radius 3 is 2.85 bits per heavy atom. The molecule has 3 N–H and O–H groups in total. The SMILES string of the molecule is CC(C)c1ncc(NC2CCC(=O)NC2)c(C(=O)O)n1. The van der Waals surface area contributed by atoms with Gasteiger partial charge in [-0.1, -0.05) is 13.8 Å². The lowest BCUT2D eigenvalue weighted by Gasteiger charge is -2.24. The molecule has 1 unspecified atom stereocenters. The topological polar surface area (TPSA) is 104 Å². The molecule has 0 radical (unpaired) electrons. The monoisotopic (exact) mass is 278 g/mol. The summed E-state index contributed by atoms with van der Waals surface area (Å²) in [5.74, 6) is -0.495. The Kier molecular flexibility index (Phi) is 4.16. The van der Waals surface area contributed by atoms with E-state index in [0.29, 0.717) is 30.9 Å². The number of hydrogen-bond acceptors (Lipinski definition) is 5. The van der Waals surface area contributed by atoms with Gasteiger partial charge in [-0.15, -0.1) is 0 Å². The minimum atomic E-state index is -1.09. The van der Waals surface area contributed by atoms with Gasteiger partial charge in [0, 0.05) is 24.9 Å². The molecule has 1 aromatic heterocycles. The highest BCUT2D eigenvalue weighted by molar-refractivity contribution is 5.91. The molecule has 1 aliphatic rings. The Morgan fingerprint density at radius 2 is 2.30 bits per heavy atom. The van der Waals surface area contributed by atoms with Gasteiger partial charge < -0.3 is 15.7 Å². The molecule has 2 rings (SSSR count). The Balaban J connectivity index is 2.18. The summed E-state index contributed by atoms with van der Waals surface area (Å²) in [5.41, 5.74) is 0.364. The molecule has 7 heteroatoms. The fraction of sp³-hybridized carbons (Fsp3) is 0.538. The van der Waals surface area contributed by atoms with Crippen molar-refractivity contribution in [3.63, 3.8) is 0 Å². The molecule has 0 aromatic carbocycles. The van der Waals surface area contributed by atoms with Crippen LogP contribution in [0.3, 0.4) is 0 Å². The first-order chi connectivity index (χ1) is 9.47. The van der Waals surface area contributed by atoms with Crippen molar-refractivity contribution in [3.8, 4) is 0 Å². The highest BCUT2D eigenvalue weighted by Crippen LogP contribution is 2.19. The third kappa shape index (κ3) is 3.23. The largest absolute Gasteiger partial charge is 0.476 e. The molecule has 2 heterocycles. The van der Waals surface area contributed by atoms with Gasteiger partial charge in [-0.05, 0) is 6.42 Å². The van der Waals surface area contributed by atoms with Crippen LogP contribution in [0.5, 0.6) is 0 Å². The molecule has 1 fully saturated rings. The predicted molar refractivity (Wildman–Crippen MR) is 72.7 cm³/mol. The Labute approximate surface area is 116 Å². The van der Waals surface area contributed by atoms with E-state index in [2.05, 4.69) is 20.6 Å². The van der Waals surface area contributed by atoms with Crippen molar-refractivity contribution >= 4 is 17.6 Å². The standard InChI is InChI=1S/C13H18N4O3/c1-7(2)12-15-6-9(11(17-12)13(19)20)16-8-3-4-10(18)14-5-8/h6-8,16H,3-5H2,1-2H3,(H,14,18)(H,19,20). The number of nitrogens with one attached hydrogen (secondary N) is 2. The summed E-state index contributed by atoms with van der Waals surface area (Å²) in [6.45, 7) is 4.29. The minimum absolute atomic E-state index is 0.000648. The van der Waals surface area contributed by atoms with E-state index in [1.807, 2.05) is 13.8 Å². The number of carboxylic acids is 1. The summed E-state index contributed by atoms with van der Waals surface area (Å²) < 4.78 is 0. The highest BCUT2D eigenvalue weighted by Gasteiger charge is 2.21. The van der Waals surface area contributed by atoms with E-state index < -0.39 is 5.97 Å². The number of aromatic nitrogens is 2.